The summed E-state index contributed by atoms with van der Waals surface area (Å²) in [5, 5.41) is 2.98. The first-order valence-electron chi connectivity index (χ1n) is 6.68. The first-order valence-corrected chi connectivity index (χ1v) is 6.68. The minimum atomic E-state index is -0.726. The van der Waals surface area contributed by atoms with Crippen molar-refractivity contribution in [1.29, 1.82) is 0 Å². The van der Waals surface area contributed by atoms with E-state index < -0.39 is 5.54 Å². The molecule has 0 aromatic heterocycles. The van der Waals surface area contributed by atoms with Crippen molar-refractivity contribution in [2.75, 3.05) is 19.6 Å². The third kappa shape index (κ3) is 3.96. The predicted octanol–water partition coefficient (Wildman–Crippen LogP) is 0.960. The standard InChI is InChI=1S/C13H27N3O/c1-5-13(4,14)12(17)15-8-11-6-7-16(9-11)10(2)3/h10-11H,5-9,14H2,1-4H3,(H,15,17). The largest absolute Gasteiger partial charge is 0.354 e. The lowest BCUT2D eigenvalue weighted by molar-refractivity contribution is -0.126. The Hall–Kier alpha value is -0.610. The van der Waals surface area contributed by atoms with E-state index in [-0.39, 0.29) is 5.91 Å². The van der Waals surface area contributed by atoms with Gasteiger partial charge in [0.2, 0.25) is 5.91 Å². The van der Waals surface area contributed by atoms with Crippen LogP contribution in [-0.4, -0.2) is 42.0 Å². The molecule has 0 spiro atoms. The second kappa shape index (κ2) is 5.83. The molecule has 1 rings (SSSR count). The predicted molar refractivity (Wildman–Crippen MR) is 70.7 cm³/mol. The van der Waals surface area contributed by atoms with E-state index in [1.807, 2.05) is 6.92 Å². The van der Waals surface area contributed by atoms with Crippen molar-refractivity contribution in [3.05, 3.63) is 0 Å². The summed E-state index contributed by atoms with van der Waals surface area (Å²) in [6.45, 7) is 11.2. The van der Waals surface area contributed by atoms with E-state index in [0.29, 0.717) is 18.4 Å². The molecule has 1 aliphatic heterocycles. The average Bonchev–Trinajstić information content (AvgIpc) is 2.74. The molecule has 4 nitrogen and oxygen atoms in total. The maximum absolute atomic E-state index is 11.8. The zero-order valence-electron chi connectivity index (χ0n) is 11.6. The quantitative estimate of drug-likeness (QED) is 0.754. The lowest BCUT2D eigenvalue weighted by Crippen LogP contribution is -2.52. The number of likely N-dealkylation sites (tertiary alicyclic amines) is 1. The highest BCUT2D eigenvalue weighted by atomic mass is 16.2. The summed E-state index contributed by atoms with van der Waals surface area (Å²) in [6.07, 6.45) is 1.84. The van der Waals surface area contributed by atoms with Gasteiger partial charge in [-0.15, -0.1) is 0 Å². The molecule has 2 atom stereocenters. The lowest BCUT2D eigenvalue weighted by Gasteiger charge is -2.23. The van der Waals surface area contributed by atoms with Crippen molar-refractivity contribution in [3.8, 4) is 0 Å². The zero-order chi connectivity index (χ0) is 13.1. The molecule has 0 saturated carbocycles. The van der Waals surface area contributed by atoms with Gasteiger partial charge in [0, 0.05) is 19.1 Å². The summed E-state index contributed by atoms with van der Waals surface area (Å²) in [6, 6.07) is 0.603. The van der Waals surface area contributed by atoms with Crippen molar-refractivity contribution >= 4 is 5.91 Å². The molecule has 1 amide bonds. The summed E-state index contributed by atoms with van der Waals surface area (Å²) in [4.78, 5) is 14.3. The van der Waals surface area contributed by atoms with Crippen molar-refractivity contribution in [3.63, 3.8) is 0 Å². The summed E-state index contributed by atoms with van der Waals surface area (Å²) in [5.41, 5.74) is 5.17. The van der Waals surface area contributed by atoms with Crippen molar-refractivity contribution in [1.82, 2.24) is 10.2 Å². The van der Waals surface area contributed by atoms with E-state index in [4.69, 9.17) is 5.73 Å². The van der Waals surface area contributed by atoms with E-state index in [0.717, 1.165) is 19.6 Å². The Morgan fingerprint density at radius 2 is 2.24 bits per heavy atom. The fourth-order valence-corrected chi connectivity index (χ4v) is 2.10. The third-order valence-electron chi connectivity index (χ3n) is 3.85. The van der Waals surface area contributed by atoms with Gasteiger partial charge in [0.15, 0.2) is 0 Å². The fourth-order valence-electron chi connectivity index (χ4n) is 2.10. The first kappa shape index (κ1) is 14.5. The highest BCUT2D eigenvalue weighted by molar-refractivity contribution is 5.85. The second-order valence-corrected chi connectivity index (χ2v) is 5.72. The van der Waals surface area contributed by atoms with Crippen LogP contribution in [0.1, 0.15) is 40.5 Å². The molecule has 0 bridgehead atoms. The van der Waals surface area contributed by atoms with Gasteiger partial charge in [-0.1, -0.05) is 6.92 Å². The lowest BCUT2D eigenvalue weighted by atomic mass is 9.99. The number of amides is 1. The number of nitrogens with one attached hydrogen (secondary N) is 1. The number of carbonyl (C=O) groups excluding carboxylic acids is 1. The number of nitrogens with two attached hydrogens (primary N) is 1. The van der Waals surface area contributed by atoms with E-state index in [1.165, 1.54) is 6.42 Å². The smallest absolute Gasteiger partial charge is 0.239 e. The molecule has 1 saturated heterocycles. The molecule has 0 radical (unpaired) electrons. The van der Waals surface area contributed by atoms with Gasteiger partial charge in [-0.2, -0.15) is 0 Å². The van der Waals surface area contributed by atoms with E-state index in [9.17, 15) is 4.79 Å². The Balaban J connectivity index is 2.31. The van der Waals surface area contributed by atoms with Crippen LogP contribution in [0.3, 0.4) is 0 Å². The third-order valence-corrected chi connectivity index (χ3v) is 3.85. The van der Waals surface area contributed by atoms with Crippen LogP contribution in [0.2, 0.25) is 0 Å². The van der Waals surface area contributed by atoms with Crippen LogP contribution in [0.5, 0.6) is 0 Å². The Morgan fingerprint density at radius 1 is 1.59 bits per heavy atom. The molecule has 4 heteroatoms. The fraction of sp³-hybridized carbons (Fsp3) is 0.923. The van der Waals surface area contributed by atoms with E-state index in [1.54, 1.807) is 6.92 Å². The van der Waals surface area contributed by atoms with Gasteiger partial charge in [-0.05, 0) is 46.1 Å². The number of hydrogen-bond acceptors (Lipinski definition) is 3. The number of carbonyl (C=O) groups is 1. The minimum Gasteiger partial charge on any atom is -0.354 e. The van der Waals surface area contributed by atoms with Gasteiger partial charge in [-0.3, -0.25) is 4.79 Å². The molecule has 17 heavy (non-hydrogen) atoms. The highest BCUT2D eigenvalue weighted by Gasteiger charge is 2.28. The van der Waals surface area contributed by atoms with Gasteiger partial charge >= 0.3 is 0 Å². The SMILES string of the molecule is CCC(C)(N)C(=O)NCC1CCN(C(C)C)C1. The van der Waals surface area contributed by atoms with E-state index >= 15 is 0 Å². The molecule has 3 N–H and O–H groups in total. The minimum absolute atomic E-state index is 0.0250. The summed E-state index contributed by atoms with van der Waals surface area (Å²) >= 11 is 0. The highest BCUT2D eigenvalue weighted by Crippen LogP contribution is 2.17. The van der Waals surface area contributed by atoms with Crippen LogP contribution in [-0.2, 0) is 4.79 Å². The van der Waals surface area contributed by atoms with E-state index in [2.05, 4.69) is 24.1 Å². The van der Waals surface area contributed by atoms with Crippen LogP contribution in [0.4, 0.5) is 0 Å². The molecule has 1 aliphatic rings. The Kier molecular flexibility index (Phi) is 4.95. The molecule has 1 heterocycles. The van der Waals surface area contributed by atoms with Gasteiger partial charge < -0.3 is 16.0 Å². The second-order valence-electron chi connectivity index (χ2n) is 5.72. The maximum Gasteiger partial charge on any atom is 0.239 e. The number of rotatable bonds is 5. The Morgan fingerprint density at radius 3 is 2.71 bits per heavy atom. The molecule has 100 valence electrons. The first-order chi connectivity index (χ1) is 7.86. The molecule has 0 aromatic carbocycles. The van der Waals surface area contributed by atoms with Crippen molar-refractivity contribution < 1.29 is 4.79 Å². The average molecular weight is 241 g/mol. The topological polar surface area (TPSA) is 58.4 Å². The molecule has 2 unspecified atom stereocenters. The Bertz CT molecular complexity index is 263. The van der Waals surface area contributed by atoms with Gasteiger partial charge in [-0.25, -0.2) is 0 Å². The molecule has 0 aromatic rings. The van der Waals surface area contributed by atoms with Gasteiger partial charge in [0.1, 0.15) is 0 Å². The normalized spacial score (nSPS) is 24.9. The zero-order valence-corrected chi connectivity index (χ0v) is 11.6. The summed E-state index contributed by atoms with van der Waals surface area (Å²) in [5.74, 6) is 0.553. The molecule has 1 fully saturated rings. The van der Waals surface area contributed by atoms with Crippen molar-refractivity contribution in [2.24, 2.45) is 11.7 Å². The van der Waals surface area contributed by atoms with Crippen molar-refractivity contribution in [2.45, 2.75) is 52.1 Å². The molecular weight excluding hydrogens is 214 g/mol. The van der Waals surface area contributed by atoms with Gasteiger partial charge in [0.05, 0.1) is 5.54 Å². The number of nitrogens with zero attached hydrogens (tertiary/aromatic N) is 1. The Labute approximate surface area is 105 Å². The van der Waals surface area contributed by atoms with Crippen LogP contribution in [0, 0.1) is 5.92 Å². The van der Waals surface area contributed by atoms with Crippen LogP contribution < -0.4 is 11.1 Å². The molecule has 0 aliphatic carbocycles. The maximum atomic E-state index is 11.8. The van der Waals surface area contributed by atoms with Crippen LogP contribution >= 0.6 is 0 Å². The molecular formula is C13H27N3O. The van der Waals surface area contributed by atoms with Crippen LogP contribution in [0.25, 0.3) is 0 Å². The summed E-state index contributed by atoms with van der Waals surface area (Å²) in [7, 11) is 0. The van der Waals surface area contributed by atoms with Gasteiger partial charge in [0.25, 0.3) is 0 Å². The summed E-state index contributed by atoms with van der Waals surface area (Å²) < 4.78 is 0. The van der Waals surface area contributed by atoms with Crippen LogP contribution in [0.15, 0.2) is 0 Å². The number of hydrogen-bond donors (Lipinski definition) is 2. The monoisotopic (exact) mass is 241 g/mol.